The monoisotopic (exact) mass is 345 g/mol. The molecule has 1 amide bonds. The number of carbonyl (C=O) groups excluding carboxylic acids is 1. The number of nitrogens with zero attached hydrogens (tertiary/aromatic N) is 2. The summed E-state index contributed by atoms with van der Waals surface area (Å²) in [4.78, 5) is 15.1. The van der Waals surface area contributed by atoms with Crippen LogP contribution in [0.2, 0.25) is 5.02 Å². The zero-order chi connectivity index (χ0) is 16.9. The van der Waals surface area contributed by atoms with Crippen molar-refractivity contribution in [1.29, 1.82) is 0 Å². The van der Waals surface area contributed by atoms with Gasteiger partial charge in [0.25, 0.3) is 0 Å². The van der Waals surface area contributed by atoms with E-state index in [-0.39, 0.29) is 11.7 Å². The van der Waals surface area contributed by atoms with E-state index in [2.05, 4.69) is 10.1 Å². The van der Waals surface area contributed by atoms with Crippen LogP contribution in [0.3, 0.4) is 0 Å². The second-order valence-electron chi connectivity index (χ2n) is 4.80. The van der Waals surface area contributed by atoms with Crippen molar-refractivity contribution in [2.75, 3.05) is 0 Å². The van der Waals surface area contributed by atoms with E-state index < -0.39 is 5.91 Å². The molecule has 2 aromatic carbocycles. The molecule has 0 atom stereocenters. The fourth-order valence-electron chi connectivity index (χ4n) is 1.93. The summed E-state index contributed by atoms with van der Waals surface area (Å²) in [7, 11) is 0. The van der Waals surface area contributed by atoms with E-state index in [1.807, 2.05) is 12.1 Å². The fourth-order valence-corrected chi connectivity index (χ4v) is 2.05. The Bertz CT molecular complexity index is 831. The maximum Gasteiger partial charge on any atom is 0.333 e. The van der Waals surface area contributed by atoms with Gasteiger partial charge in [-0.25, -0.2) is 5.48 Å². The highest BCUT2D eigenvalue weighted by molar-refractivity contribution is 6.30. The van der Waals surface area contributed by atoms with Crippen molar-refractivity contribution in [2.24, 2.45) is 0 Å². The third-order valence-electron chi connectivity index (χ3n) is 3.15. The Labute approximate surface area is 141 Å². The van der Waals surface area contributed by atoms with Crippen LogP contribution < -0.4 is 10.2 Å². The molecule has 24 heavy (non-hydrogen) atoms. The molecule has 0 bridgehead atoms. The molecule has 3 aromatic rings. The van der Waals surface area contributed by atoms with Crippen molar-refractivity contribution in [2.45, 2.75) is 6.61 Å². The van der Waals surface area contributed by atoms with Gasteiger partial charge in [0, 0.05) is 10.6 Å². The first-order chi connectivity index (χ1) is 11.7. The molecule has 0 fully saturated rings. The van der Waals surface area contributed by atoms with Crippen molar-refractivity contribution < 1.29 is 19.3 Å². The highest BCUT2D eigenvalue weighted by Gasteiger charge is 2.15. The Hall–Kier alpha value is -2.90. The number of hydrogen-bond acceptors (Lipinski definition) is 6. The summed E-state index contributed by atoms with van der Waals surface area (Å²) < 4.78 is 10.4. The molecule has 8 heteroatoms. The van der Waals surface area contributed by atoms with Gasteiger partial charge in [0.05, 0.1) is 0 Å². The molecule has 122 valence electrons. The molecule has 0 aliphatic heterocycles. The molecule has 0 radical (unpaired) electrons. The molecule has 2 N–H and O–H groups in total. The van der Waals surface area contributed by atoms with Gasteiger partial charge in [-0.15, -0.1) is 0 Å². The van der Waals surface area contributed by atoms with Gasteiger partial charge in [0.2, 0.25) is 5.82 Å². The maximum atomic E-state index is 11.2. The number of carbonyl (C=O) groups is 1. The smallest absolute Gasteiger partial charge is 0.333 e. The zero-order valence-corrected chi connectivity index (χ0v) is 13.0. The van der Waals surface area contributed by atoms with Crippen molar-refractivity contribution in [3.63, 3.8) is 0 Å². The number of halogens is 1. The summed E-state index contributed by atoms with van der Waals surface area (Å²) in [6.45, 7) is 0.395. The topological polar surface area (TPSA) is 97.5 Å². The van der Waals surface area contributed by atoms with Gasteiger partial charge in [-0.2, -0.15) is 4.98 Å². The molecular weight excluding hydrogens is 334 g/mol. The van der Waals surface area contributed by atoms with Crippen LogP contribution in [0.1, 0.15) is 16.2 Å². The number of aromatic nitrogens is 2. The molecule has 0 saturated carbocycles. The zero-order valence-electron chi connectivity index (χ0n) is 12.3. The predicted octanol–water partition coefficient (Wildman–Crippen LogP) is 3.09. The van der Waals surface area contributed by atoms with E-state index in [1.54, 1.807) is 36.4 Å². The summed E-state index contributed by atoms with van der Waals surface area (Å²) in [6, 6.07) is 14.4. The largest absolute Gasteiger partial charge is 0.489 e. The first-order valence-electron chi connectivity index (χ1n) is 6.91. The minimum atomic E-state index is -0.860. The normalized spacial score (nSPS) is 10.4. The predicted molar refractivity (Wildman–Crippen MR) is 84.8 cm³/mol. The fraction of sp³-hybridized carbons (Fsp3) is 0.0625. The molecule has 0 aliphatic rings. The molecule has 1 aromatic heterocycles. The van der Waals surface area contributed by atoms with E-state index in [1.165, 1.54) is 5.48 Å². The van der Waals surface area contributed by atoms with E-state index in [0.29, 0.717) is 17.2 Å². The standard InChI is InChI=1S/C16H12ClN3O4/c17-12-5-7-13(8-6-12)23-9-10-1-3-11(4-2-10)14-18-16(24-20-14)15(21)19-22/h1-8,22H,9H2,(H,19,21). The number of nitrogens with one attached hydrogen (secondary N) is 1. The number of rotatable bonds is 5. The summed E-state index contributed by atoms with van der Waals surface area (Å²) in [6.07, 6.45) is 0. The van der Waals surface area contributed by atoms with Gasteiger partial charge in [-0.3, -0.25) is 10.0 Å². The molecule has 0 saturated heterocycles. The third-order valence-corrected chi connectivity index (χ3v) is 3.41. The van der Waals surface area contributed by atoms with Crippen LogP contribution in [0, 0.1) is 0 Å². The quantitative estimate of drug-likeness (QED) is 0.544. The van der Waals surface area contributed by atoms with E-state index in [9.17, 15) is 4.79 Å². The minimum absolute atomic E-state index is 0.249. The van der Waals surface area contributed by atoms with E-state index >= 15 is 0 Å². The number of ether oxygens (including phenoxy) is 1. The van der Waals surface area contributed by atoms with Gasteiger partial charge in [-0.05, 0) is 29.8 Å². The lowest BCUT2D eigenvalue weighted by Crippen LogP contribution is -2.18. The number of hydroxylamine groups is 1. The van der Waals surface area contributed by atoms with Crippen molar-refractivity contribution >= 4 is 17.5 Å². The summed E-state index contributed by atoms with van der Waals surface area (Å²) in [5.41, 5.74) is 3.05. The second-order valence-corrected chi connectivity index (χ2v) is 5.24. The van der Waals surface area contributed by atoms with Crippen LogP contribution >= 0.6 is 11.6 Å². The lowest BCUT2D eigenvalue weighted by Gasteiger charge is -2.06. The van der Waals surface area contributed by atoms with Gasteiger partial charge in [0.15, 0.2) is 0 Å². The Morgan fingerprint density at radius 1 is 1.17 bits per heavy atom. The first kappa shape index (κ1) is 16.0. The van der Waals surface area contributed by atoms with E-state index in [4.69, 9.17) is 26.1 Å². The Balaban J connectivity index is 1.65. The number of benzene rings is 2. The van der Waals surface area contributed by atoms with Crippen LogP contribution in [0.5, 0.6) is 5.75 Å². The highest BCUT2D eigenvalue weighted by atomic mass is 35.5. The summed E-state index contributed by atoms with van der Waals surface area (Å²) in [5, 5.41) is 12.9. The molecule has 0 unspecified atom stereocenters. The first-order valence-corrected chi connectivity index (χ1v) is 7.29. The minimum Gasteiger partial charge on any atom is -0.489 e. The molecule has 1 heterocycles. The third kappa shape index (κ3) is 3.70. The SMILES string of the molecule is O=C(NO)c1nc(-c2ccc(COc3ccc(Cl)cc3)cc2)no1. The van der Waals surface area contributed by atoms with Crippen molar-refractivity contribution in [3.8, 4) is 17.1 Å². The van der Waals surface area contributed by atoms with E-state index in [0.717, 1.165) is 11.3 Å². The van der Waals surface area contributed by atoms with Crippen LogP contribution in [0.25, 0.3) is 11.4 Å². The van der Waals surface area contributed by atoms with Crippen LogP contribution in [-0.2, 0) is 6.61 Å². The molecule has 7 nitrogen and oxygen atoms in total. The summed E-state index contributed by atoms with van der Waals surface area (Å²) >= 11 is 5.82. The van der Waals surface area contributed by atoms with Gasteiger partial charge in [0.1, 0.15) is 12.4 Å². The molecule has 3 rings (SSSR count). The number of hydrogen-bond donors (Lipinski definition) is 2. The lowest BCUT2D eigenvalue weighted by molar-refractivity contribution is 0.0659. The van der Waals surface area contributed by atoms with Gasteiger partial charge in [-0.1, -0.05) is 41.0 Å². The Morgan fingerprint density at radius 3 is 2.54 bits per heavy atom. The van der Waals surface area contributed by atoms with Crippen LogP contribution in [0.4, 0.5) is 0 Å². The molecule has 0 aliphatic carbocycles. The van der Waals surface area contributed by atoms with Gasteiger partial charge >= 0.3 is 11.8 Å². The molecular formula is C16H12ClN3O4. The highest BCUT2D eigenvalue weighted by Crippen LogP contribution is 2.19. The van der Waals surface area contributed by atoms with Gasteiger partial charge < -0.3 is 9.26 Å². The molecule has 0 spiro atoms. The summed E-state index contributed by atoms with van der Waals surface area (Å²) in [5.74, 6) is -0.204. The average Bonchev–Trinajstić information content (AvgIpc) is 3.11. The number of amides is 1. The Kier molecular flexibility index (Phi) is 4.74. The van der Waals surface area contributed by atoms with Crippen molar-refractivity contribution in [1.82, 2.24) is 15.6 Å². The van der Waals surface area contributed by atoms with Crippen LogP contribution in [-0.4, -0.2) is 21.3 Å². The lowest BCUT2D eigenvalue weighted by atomic mass is 10.1. The maximum absolute atomic E-state index is 11.2. The van der Waals surface area contributed by atoms with Crippen LogP contribution in [0.15, 0.2) is 53.1 Å². The average molecular weight is 346 g/mol. The Morgan fingerprint density at radius 2 is 1.88 bits per heavy atom. The second kappa shape index (κ2) is 7.12. The van der Waals surface area contributed by atoms with Crippen molar-refractivity contribution in [3.05, 3.63) is 65.0 Å².